The molecule has 1 fully saturated rings. The Hall–Kier alpha value is -2.87. The Kier molecular flexibility index (Phi) is 6.22. The predicted octanol–water partition coefficient (Wildman–Crippen LogP) is 2.77. The van der Waals surface area contributed by atoms with Crippen LogP contribution in [0.25, 0.3) is 0 Å². The fraction of sp³-hybridized carbons (Fsp3) is 0.429. The summed E-state index contributed by atoms with van der Waals surface area (Å²) in [7, 11) is 1.68. The van der Waals surface area contributed by atoms with Crippen LogP contribution in [0.1, 0.15) is 65.3 Å². The smallest absolute Gasteiger partial charge is 0.274 e. The molecule has 0 aliphatic heterocycles. The molecule has 156 valence electrons. The summed E-state index contributed by atoms with van der Waals surface area (Å²) in [5.74, 6) is -1.36. The highest BCUT2D eigenvalue weighted by Gasteiger charge is 2.30. The second-order valence-electron chi connectivity index (χ2n) is 7.45. The van der Waals surface area contributed by atoms with Crippen molar-refractivity contribution in [3.05, 3.63) is 53.1 Å². The van der Waals surface area contributed by atoms with E-state index in [1.165, 1.54) is 12.1 Å². The molecule has 1 aliphatic carbocycles. The van der Waals surface area contributed by atoms with Crippen LogP contribution in [0.4, 0.5) is 4.39 Å². The van der Waals surface area contributed by atoms with Gasteiger partial charge in [-0.1, -0.05) is 18.2 Å². The van der Waals surface area contributed by atoms with Crippen molar-refractivity contribution >= 4 is 11.8 Å². The number of benzene rings is 1. The van der Waals surface area contributed by atoms with Crippen LogP contribution in [0.5, 0.6) is 5.75 Å². The summed E-state index contributed by atoms with van der Waals surface area (Å²) in [5.41, 5.74) is 5.83. The first-order valence-corrected chi connectivity index (χ1v) is 9.67. The number of halogens is 1. The Morgan fingerprint density at radius 1 is 1.28 bits per heavy atom. The molecule has 1 aromatic carbocycles. The number of rotatable bonds is 6. The lowest BCUT2D eigenvalue weighted by molar-refractivity contribution is 0.0560. The lowest BCUT2D eigenvalue weighted by Crippen LogP contribution is -2.40. The predicted molar refractivity (Wildman–Crippen MR) is 105 cm³/mol. The summed E-state index contributed by atoms with van der Waals surface area (Å²) in [6.07, 6.45) is 1.63. The van der Waals surface area contributed by atoms with Crippen molar-refractivity contribution in [1.29, 1.82) is 0 Å². The highest BCUT2D eigenvalue weighted by atomic mass is 19.1. The monoisotopic (exact) mass is 403 g/mol. The van der Waals surface area contributed by atoms with Gasteiger partial charge in [0.2, 0.25) is 0 Å². The molecule has 0 unspecified atom stereocenters. The number of carbonyl (C=O) groups excluding carboxylic acids is 2. The molecule has 3 rings (SSSR count). The maximum absolute atomic E-state index is 14.1. The Morgan fingerprint density at radius 2 is 1.93 bits per heavy atom. The zero-order chi connectivity index (χ0) is 21.1. The summed E-state index contributed by atoms with van der Waals surface area (Å²) >= 11 is 0. The molecular weight excluding hydrogens is 377 g/mol. The zero-order valence-corrected chi connectivity index (χ0v) is 16.5. The molecule has 0 bridgehead atoms. The fourth-order valence-electron chi connectivity index (χ4n) is 3.67. The van der Waals surface area contributed by atoms with Gasteiger partial charge >= 0.3 is 0 Å². The minimum absolute atomic E-state index is 0.0249. The van der Waals surface area contributed by atoms with Gasteiger partial charge in [0, 0.05) is 24.7 Å². The molecule has 0 spiro atoms. The van der Waals surface area contributed by atoms with Gasteiger partial charge in [-0.25, -0.2) is 4.39 Å². The largest absolute Gasteiger partial charge is 0.483 e. The van der Waals surface area contributed by atoms with Gasteiger partial charge in [0.05, 0.1) is 6.10 Å². The van der Waals surface area contributed by atoms with Gasteiger partial charge in [-0.05, 0) is 38.7 Å². The number of aliphatic hydroxyl groups is 1. The summed E-state index contributed by atoms with van der Waals surface area (Å²) < 4.78 is 19.9. The number of aromatic nitrogens is 1. The molecule has 2 amide bonds. The fourth-order valence-corrected chi connectivity index (χ4v) is 3.67. The lowest BCUT2D eigenvalue weighted by Gasteiger charge is -2.33. The maximum atomic E-state index is 14.1. The van der Waals surface area contributed by atoms with E-state index in [1.54, 1.807) is 37.1 Å². The number of aromatic amines is 1. The molecule has 1 atom stereocenters. The first kappa shape index (κ1) is 20.9. The Bertz CT molecular complexity index is 890. The number of ether oxygens (including phenoxy) is 1. The normalized spacial score (nSPS) is 20.1. The van der Waals surface area contributed by atoms with Crippen molar-refractivity contribution in [2.75, 3.05) is 7.05 Å². The first-order valence-electron chi connectivity index (χ1n) is 9.67. The standard InChI is InChI=1S/C21H26FN3O4/c1-12(15-5-3-4-6-16(15)22)29-18-11-17(20(23)27)24-19(18)21(28)25(2)13-7-9-14(26)10-8-13/h3-6,11-14,24,26H,7-10H2,1-2H3,(H2,23,27)/t12-,13?,14?/m0/s1. The van der Waals surface area contributed by atoms with Gasteiger partial charge in [0.25, 0.3) is 11.8 Å². The molecule has 2 aromatic rings. The van der Waals surface area contributed by atoms with E-state index in [2.05, 4.69) is 4.98 Å². The lowest BCUT2D eigenvalue weighted by atomic mass is 9.92. The van der Waals surface area contributed by atoms with Gasteiger partial charge in [-0.2, -0.15) is 0 Å². The third kappa shape index (κ3) is 4.59. The quantitative estimate of drug-likeness (QED) is 0.689. The van der Waals surface area contributed by atoms with Crippen molar-refractivity contribution < 1.29 is 23.8 Å². The Balaban J connectivity index is 1.85. The van der Waals surface area contributed by atoms with Crippen LogP contribution < -0.4 is 10.5 Å². The summed E-state index contributed by atoms with van der Waals surface area (Å²) in [6.45, 7) is 1.66. The third-order valence-electron chi connectivity index (χ3n) is 5.44. The van der Waals surface area contributed by atoms with Crippen LogP contribution >= 0.6 is 0 Å². The molecule has 4 N–H and O–H groups in total. The van der Waals surface area contributed by atoms with E-state index < -0.39 is 17.8 Å². The Morgan fingerprint density at radius 3 is 2.55 bits per heavy atom. The molecule has 29 heavy (non-hydrogen) atoms. The summed E-state index contributed by atoms with van der Waals surface area (Å²) in [6, 6.07) is 7.55. The first-order chi connectivity index (χ1) is 13.8. The second-order valence-corrected chi connectivity index (χ2v) is 7.45. The minimum Gasteiger partial charge on any atom is -0.483 e. The van der Waals surface area contributed by atoms with E-state index in [0.717, 1.165) is 0 Å². The number of H-pyrrole nitrogens is 1. The van der Waals surface area contributed by atoms with E-state index in [-0.39, 0.29) is 35.2 Å². The molecule has 1 saturated carbocycles. The molecule has 1 aliphatic rings. The van der Waals surface area contributed by atoms with Crippen molar-refractivity contribution in [2.45, 2.75) is 50.9 Å². The van der Waals surface area contributed by atoms with Crippen LogP contribution in [0, 0.1) is 5.82 Å². The number of hydrogen-bond donors (Lipinski definition) is 3. The van der Waals surface area contributed by atoms with Crippen LogP contribution in [0.15, 0.2) is 30.3 Å². The maximum Gasteiger partial charge on any atom is 0.274 e. The number of carbonyl (C=O) groups is 2. The Labute approximate surface area is 168 Å². The van der Waals surface area contributed by atoms with E-state index in [0.29, 0.717) is 31.2 Å². The van der Waals surface area contributed by atoms with Crippen molar-refractivity contribution in [2.24, 2.45) is 5.73 Å². The number of hydrogen-bond acceptors (Lipinski definition) is 4. The zero-order valence-electron chi connectivity index (χ0n) is 16.5. The van der Waals surface area contributed by atoms with Gasteiger partial charge < -0.3 is 25.5 Å². The minimum atomic E-state index is -0.726. The number of primary amides is 1. The average Bonchev–Trinajstić information content (AvgIpc) is 3.11. The highest BCUT2D eigenvalue weighted by molar-refractivity contribution is 5.99. The van der Waals surface area contributed by atoms with Crippen molar-refractivity contribution in [3.63, 3.8) is 0 Å². The molecule has 1 aromatic heterocycles. The van der Waals surface area contributed by atoms with Crippen LogP contribution in [0.2, 0.25) is 0 Å². The number of nitrogens with zero attached hydrogens (tertiary/aromatic N) is 1. The van der Waals surface area contributed by atoms with Crippen molar-refractivity contribution in [3.8, 4) is 5.75 Å². The topological polar surface area (TPSA) is 109 Å². The molecule has 0 radical (unpaired) electrons. The number of amides is 2. The SMILES string of the molecule is C[C@H](Oc1cc(C(N)=O)[nH]c1C(=O)N(C)C1CCC(O)CC1)c1ccccc1F. The molecule has 0 saturated heterocycles. The van der Waals surface area contributed by atoms with E-state index in [1.807, 2.05) is 0 Å². The third-order valence-corrected chi connectivity index (χ3v) is 5.44. The van der Waals surface area contributed by atoms with Gasteiger partial charge in [-0.3, -0.25) is 9.59 Å². The second kappa shape index (κ2) is 8.65. The number of nitrogens with one attached hydrogen (secondary N) is 1. The number of nitrogens with two attached hydrogens (primary N) is 1. The average molecular weight is 403 g/mol. The molecule has 1 heterocycles. The van der Waals surface area contributed by atoms with Gasteiger partial charge in [0.15, 0.2) is 5.75 Å². The van der Waals surface area contributed by atoms with E-state index in [9.17, 15) is 19.1 Å². The van der Waals surface area contributed by atoms with Crippen LogP contribution in [0.3, 0.4) is 0 Å². The number of aliphatic hydroxyl groups excluding tert-OH is 1. The van der Waals surface area contributed by atoms with E-state index >= 15 is 0 Å². The van der Waals surface area contributed by atoms with Gasteiger partial charge in [0.1, 0.15) is 23.3 Å². The highest BCUT2D eigenvalue weighted by Crippen LogP contribution is 2.30. The molecule has 7 nitrogen and oxygen atoms in total. The van der Waals surface area contributed by atoms with Crippen LogP contribution in [-0.4, -0.2) is 46.0 Å². The summed E-state index contributed by atoms with van der Waals surface area (Å²) in [5, 5.41) is 9.69. The molecular formula is C21H26FN3O4. The molecule has 8 heteroatoms. The van der Waals surface area contributed by atoms with Crippen LogP contribution in [-0.2, 0) is 0 Å². The summed E-state index contributed by atoms with van der Waals surface area (Å²) in [4.78, 5) is 29.1. The van der Waals surface area contributed by atoms with Crippen molar-refractivity contribution in [1.82, 2.24) is 9.88 Å². The van der Waals surface area contributed by atoms with E-state index in [4.69, 9.17) is 10.5 Å². The van der Waals surface area contributed by atoms with Gasteiger partial charge in [-0.15, -0.1) is 0 Å².